The van der Waals surface area contributed by atoms with E-state index in [1.165, 1.54) is 63.6 Å². The second-order valence-corrected chi connectivity index (χ2v) is 10.2. The molecule has 4 fully saturated rings. The van der Waals surface area contributed by atoms with E-state index >= 15 is 0 Å². The number of nitrogens with one attached hydrogen (secondary N) is 3. The molecule has 3 aliphatic heterocycles. The van der Waals surface area contributed by atoms with Gasteiger partial charge in [0.15, 0.2) is 0 Å². The molecule has 5 unspecified atom stereocenters. The molecule has 5 N–H and O–H groups in total. The van der Waals surface area contributed by atoms with E-state index < -0.39 is 0 Å². The normalized spacial score (nSPS) is 30.7. The summed E-state index contributed by atoms with van der Waals surface area (Å²) in [6.45, 7) is 9.90. The van der Waals surface area contributed by atoms with Gasteiger partial charge in [-0.15, -0.1) is 0 Å². The first-order valence-corrected chi connectivity index (χ1v) is 13.8. The van der Waals surface area contributed by atoms with Crippen LogP contribution in [-0.2, 0) is 16.0 Å². The highest BCUT2D eigenvalue weighted by Gasteiger charge is 2.48. The van der Waals surface area contributed by atoms with E-state index in [2.05, 4.69) is 45.2 Å². The SMILES string of the molecule is CC.NNC(NC1COC2C(NCC3CCCCC3)COC12)c1cccc(CN2CCCC2)c1. The first-order valence-electron chi connectivity index (χ1n) is 13.8. The molecule has 3 saturated heterocycles. The average molecular weight is 474 g/mol. The van der Waals surface area contributed by atoms with Gasteiger partial charge in [-0.05, 0) is 62.4 Å². The van der Waals surface area contributed by atoms with Crippen LogP contribution in [0.25, 0.3) is 0 Å². The summed E-state index contributed by atoms with van der Waals surface area (Å²) in [7, 11) is 0. The fraction of sp³-hybridized carbons (Fsp3) is 0.778. The molecule has 0 aromatic heterocycles. The molecule has 0 amide bonds. The van der Waals surface area contributed by atoms with Gasteiger partial charge in [-0.3, -0.25) is 16.1 Å². The Morgan fingerprint density at radius 1 is 0.971 bits per heavy atom. The summed E-state index contributed by atoms with van der Waals surface area (Å²) in [6, 6.07) is 9.19. The molecule has 7 heteroatoms. The lowest BCUT2D eigenvalue weighted by Crippen LogP contribution is -2.49. The van der Waals surface area contributed by atoms with Crippen LogP contribution in [0.3, 0.4) is 0 Å². The second-order valence-electron chi connectivity index (χ2n) is 10.2. The van der Waals surface area contributed by atoms with Gasteiger partial charge in [0.1, 0.15) is 12.2 Å². The molecule has 192 valence electrons. The zero-order valence-electron chi connectivity index (χ0n) is 21.3. The average Bonchev–Trinajstić information content (AvgIpc) is 3.63. The van der Waals surface area contributed by atoms with E-state index in [9.17, 15) is 0 Å². The van der Waals surface area contributed by atoms with Crippen molar-refractivity contribution in [2.45, 2.75) is 95.8 Å². The smallest absolute Gasteiger partial charge is 0.103 e. The van der Waals surface area contributed by atoms with Gasteiger partial charge >= 0.3 is 0 Å². The number of hydrogen-bond donors (Lipinski definition) is 4. The van der Waals surface area contributed by atoms with Crippen molar-refractivity contribution in [3.8, 4) is 0 Å². The third-order valence-corrected chi connectivity index (χ3v) is 7.88. The standard InChI is InChI=1S/C25H41N5O2.C2H6/c26-29-25(20-10-6-9-19(13-20)15-30-11-4-5-12-30)28-22-17-32-23-21(16-31-24(22)23)27-14-18-7-2-1-3-8-18;1-2/h6,9-10,13,18,21-25,27-29H,1-5,7-8,11-12,14-17,26H2;1-2H3. The van der Waals surface area contributed by atoms with E-state index in [0.717, 1.165) is 31.2 Å². The molecule has 1 saturated carbocycles. The van der Waals surface area contributed by atoms with Crippen LogP contribution in [-0.4, -0.2) is 62.0 Å². The predicted molar refractivity (Wildman–Crippen MR) is 137 cm³/mol. The molecule has 34 heavy (non-hydrogen) atoms. The van der Waals surface area contributed by atoms with E-state index in [1.807, 2.05) is 13.8 Å². The quantitative estimate of drug-likeness (QED) is 0.249. The van der Waals surface area contributed by atoms with Crippen LogP contribution in [0.15, 0.2) is 24.3 Å². The van der Waals surface area contributed by atoms with Crippen LogP contribution in [0.4, 0.5) is 0 Å². The number of nitrogens with zero attached hydrogens (tertiary/aromatic N) is 1. The van der Waals surface area contributed by atoms with Crippen molar-refractivity contribution < 1.29 is 9.47 Å². The maximum absolute atomic E-state index is 6.21. The van der Waals surface area contributed by atoms with Crippen LogP contribution in [0.2, 0.25) is 0 Å². The van der Waals surface area contributed by atoms with Gasteiger partial charge in [-0.25, -0.2) is 5.43 Å². The van der Waals surface area contributed by atoms with Crippen molar-refractivity contribution in [2.24, 2.45) is 11.8 Å². The number of hydrazine groups is 1. The minimum Gasteiger partial charge on any atom is -0.372 e. The molecule has 3 heterocycles. The third kappa shape index (κ3) is 6.58. The topological polar surface area (TPSA) is 83.8 Å². The van der Waals surface area contributed by atoms with Gasteiger partial charge in [0, 0.05) is 6.54 Å². The van der Waals surface area contributed by atoms with Crippen molar-refractivity contribution in [3.05, 3.63) is 35.4 Å². The molecule has 4 aliphatic rings. The van der Waals surface area contributed by atoms with E-state index in [0.29, 0.717) is 12.6 Å². The maximum Gasteiger partial charge on any atom is 0.103 e. The van der Waals surface area contributed by atoms with Crippen molar-refractivity contribution in [1.82, 2.24) is 21.0 Å². The lowest BCUT2D eigenvalue weighted by molar-refractivity contribution is 0.0642. The maximum atomic E-state index is 6.21. The summed E-state index contributed by atoms with van der Waals surface area (Å²) in [6.07, 6.45) is 9.59. The van der Waals surface area contributed by atoms with Crippen LogP contribution >= 0.6 is 0 Å². The third-order valence-electron chi connectivity index (χ3n) is 7.88. The van der Waals surface area contributed by atoms with Crippen LogP contribution in [0.1, 0.15) is 76.1 Å². The molecule has 5 rings (SSSR count). The van der Waals surface area contributed by atoms with Crippen molar-refractivity contribution in [1.29, 1.82) is 0 Å². The van der Waals surface area contributed by atoms with Crippen LogP contribution in [0, 0.1) is 5.92 Å². The second kappa shape index (κ2) is 13.3. The van der Waals surface area contributed by atoms with Crippen LogP contribution in [0.5, 0.6) is 0 Å². The summed E-state index contributed by atoms with van der Waals surface area (Å²) in [5, 5.41) is 7.43. The van der Waals surface area contributed by atoms with Gasteiger partial charge in [0.25, 0.3) is 0 Å². The monoisotopic (exact) mass is 473 g/mol. The Morgan fingerprint density at radius 3 is 2.41 bits per heavy atom. The summed E-state index contributed by atoms with van der Waals surface area (Å²) < 4.78 is 12.4. The lowest BCUT2D eigenvalue weighted by atomic mass is 9.89. The molecular weight excluding hydrogens is 426 g/mol. The van der Waals surface area contributed by atoms with Crippen molar-refractivity contribution in [3.63, 3.8) is 0 Å². The Bertz CT molecular complexity index is 723. The van der Waals surface area contributed by atoms with Gasteiger partial charge in [-0.1, -0.05) is 57.4 Å². The number of nitrogens with two attached hydrogens (primary N) is 1. The predicted octanol–water partition coefficient (Wildman–Crippen LogP) is 3.06. The Balaban J connectivity index is 0.00000133. The van der Waals surface area contributed by atoms with E-state index in [-0.39, 0.29) is 24.4 Å². The van der Waals surface area contributed by atoms with E-state index in [1.54, 1.807) is 0 Å². The zero-order chi connectivity index (χ0) is 23.8. The summed E-state index contributed by atoms with van der Waals surface area (Å²) in [5.74, 6) is 6.79. The summed E-state index contributed by atoms with van der Waals surface area (Å²) in [5.41, 5.74) is 5.48. The largest absolute Gasteiger partial charge is 0.372 e. The molecule has 0 bridgehead atoms. The Kier molecular flexibility index (Phi) is 10.2. The molecule has 0 radical (unpaired) electrons. The molecule has 1 aromatic rings. The van der Waals surface area contributed by atoms with Gasteiger partial charge in [0.2, 0.25) is 0 Å². The molecule has 1 aliphatic carbocycles. The minimum absolute atomic E-state index is 0.0717. The highest BCUT2D eigenvalue weighted by atomic mass is 16.6. The number of fused-ring (bicyclic) bond motifs is 1. The molecule has 1 aromatic carbocycles. The van der Waals surface area contributed by atoms with Gasteiger partial charge < -0.3 is 14.8 Å². The Labute approximate surface area is 206 Å². The first-order chi connectivity index (χ1) is 16.8. The summed E-state index contributed by atoms with van der Waals surface area (Å²) in [4.78, 5) is 2.53. The number of likely N-dealkylation sites (tertiary alicyclic amines) is 1. The number of ether oxygens (including phenoxy) is 2. The molecule has 0 spiro atoms. The Hall–Kier alpha value is -1.06. The number of rotatable bonds is 9. The number of benzene rings is 1. The van der Waals surface area contributed by atoms with Gasteiger partial charge in [-0.2, -0.15) is 0 Å². The van der Waals surface area contributed by atoms with Gasteiger partial charge in [0.05, 0.1) is 31.5 Å². The minimum atomic E-state index is -0.126. The molecular formula is C27H47N5O2. The van der Waals surface area contributed by atoms with Crippen LogP contribution < -0.4 is 21.9 Å². The molecule has 7 nitrogen and oxygen atoms in total. The molecule has 5 atom stereocenters. The zero-order valence-corrected chi connectivity index (χ0v) is 21.3. The highest BCUT2D eigenvalue weighted by molar-refractivity contribution is 5.26. The van der Waals surface area contributed by atoms with Crippen molar-refractivity contribution in [2.75, 3.05) is 32.8 Å². The number of hydrogen-bond acceptors (Lipinski definition) is 7. The van der Waals surface area contributed by atoms with Crippen molar-refractivity contribution >= 4 is 0 Å². The Morgan fingerprint density at radius 2 is 1.68 bits per heavy atom. The first kappa shape index (κ1) is 26.0. The van der Waals surface area contributed by atoms with E-state index in [4.69, 9.17) is 15.3 Å². The lowest BCUT2D eigenvalue weighted by Gasteiger charge is -2.26. The summed E-state index contributed by atoms with van der Waals surface area (Å²) >= 11 is 0. The fourth-order valence-corrected chi connectivity index (χ4v) is 6.05. The fourth-order valence-electron chi connectivity index (χ4n) is 6.05. The highest BCUT2D eigenvalue weighted by Crippen LogP contribution is 2.30.